The van der Waals surface area contributed by atoms with Crippen LogP contribution in [0.3, 0.4) is 0 Å². The van der Waals surface area contributed by atoms with Gasteiger partial charge in [-0.25, -0.2) is 0 Å². The summed E-state index contributed by atoms with van der Waals surface area (Å²) in [6, 6.07) is 2.48. The molecule has 1 aliphatic heterocycles. The first-order chi connectivity index (χ1) is 8.89. The van der Waals surface area contributed by atoms with Crippen LogP contribution in [0.4, 0.5) is 13.2 Å². The molecule has 1 heterocycles. The third kappa shape index (κ3) is 4.15. The van der Waals surface area contributed by atoms with Crippen LogP contribution in [0.2, 0.25) is 10.0 Å². The largest absolute Gasteiger partial charge is 0.408 e. The van der Waals surface area contributed by atoms with Gasteiger partial charge in [-0.2, -0.15) is 13.2 Å². The molecule has 0 amide bonds. The summed E-state index contributed by atoms with van der Waals surface area (Å²) in [6.07, 6.45) is -4.38. The fourth-order valence-electron chi connectivity index (χ4n) is 2.24. The van der Waals surface area contributed by atoms with E-state index >= 15 is 0 Å². The maximum atomic E-state index is 13.3. The lowest BCUT2D eigenvalue weighted by Gasteiger charge is -2.36. The highest BCUT2D eigenvalue weighted by Gasteiger charge is 2.45. The zero-order chi connectivity index (χ0) is 14.0. The van der Waals surface area contributed by atoms with Crippen LogP contribution in [-0.4, -0.2) is 37.3 Å². The fourth-order valence-corrected chi connectivity index (χ4v) is 2.65. The molecule has 0 radical (unpaired) electrons. The van der Waals surface area contributed by atoms with E-state index in [0.717, 1.165) is 0 Å². The lowest BCUT2D eigenvalue weighted by atomic mass is 10.0. The van der Waals surface area contributed by atoms with Crippen molar-refractivity contribution in [1.29, 1.82) is 0 Å². The van der Waals surface area contributed by atoms with Gasteiger partial charge in [0.25, 0.3) is 0 Å². The van der Waals surface area contributed by atoms with Gasteiger partial charge in [-0.1, -0.05) is 23.2 Å². The Hall–Kier alpha value is -0.200. The molecule has 0 saturated carbocycles. The number of benzene rings is 1. The molecule has 0 spiro atoms. The van der Waals surface area contributed by atoms with Gasteiger partial charge in [-0.15, -0.1) is 12.4 Å². The van der Waals surface area contributed by atoms with Gasteiger partial charge in [0, 0.05) is 36.2 Å². The number of hydrogen-bond acceptors (Lipinski definition) is 2. The van der Waals surface area contributed by atoms with Crippen molar-refractivity contribution in [2.24, 2.45) is 0 Å². The molecule has 0 unspecified atom stereocenters. The molecule has 114 valence electrons. The van der Waals surface area contributed by atoms with Gasteiger partial charge in [0.05, 0.1) is 0 Å². The number of hydrogen-bond donors (Lipinski definition) is 1. The summed E-state index contributed by atoms with van der Waals surface area (Å²) >= 11 is 11.7. The summed E-state index contributed by atoms with van der Waals surface area (Å²) in [5.41, 5.74) is 0.0172. The molecule has 1 aromatic rings. The van der Waals surface area contributed by atoms with Crippen LogP contribution in [0, 0.1) is 0 Å². The molecule has 1 fully saturated rings. The van der Waals surface area contributed by atoms with Gasteiger partial charge in [0.1, 0.15) is 6.04 Å². The van der Waals surface area contributed by atoms with Crippen molar-refractivity contribution in [3.8, 4) is 0 Å². The van der Waals surface area contributed by atoms with E-state index in [0.29, 0.717) is 26.2 Å². The zero-order valence-corrected chi connectivity index (χ0v) is 12.7. The van der Waals surface area contributed by atoms with Crippen LogP contribution in [0.1, 0.15) is 11.6 Å². The van der Waals surface area contributed by atoms with Crippen molar-refractivity contribution in [3.63, 3.8) is 0 Å². The summed E-state index contributed by atoms with van der Waals surface area (Å²) in [5.74, 6) is 0. The SMILES string of the molecule is Cl.FC(F)(F)[C@H](c1cc(Cl)ccc1Cl)N1CCNCC1. The number of alkyl halides is 3. The Morgan fingerprint density at radius 3 is 2.30 bits per heavy atom. The smallest absolute Gasteiger partial charge is 0.314 e. The van der Waals surface area contributed by atoms with E-state index in [9.17, 15) is 13.2 Å². The van der Waals surface area contributed by atoms with Crippen molar-refractivity contribution in [3.05, 3.63) is 33.8 Å². The number of nitrogens with zero attached hydrogens (tertiary/aromatic N) is 1. The fraction of sp³-hybridized carbons (Fsp3) is 0.500. The first-order valence-corrected chi connectivity index (χ1v) is 6.61. The van der Waals surface area contributed by atoms with E-state index in [1.54, 1.807) is 0 Å². The van der Waals surface area contributed by atoms with Crippen LogP contribution in [-0.2, 0) is 0 Å². The molecule has 0 bridgehead atoms. The lowest BCUT2D eigenvalue weighted by molar-refractivity contribution is -0.187. The molecule has 8 heteroatoms. The van der Waals surface area contributed by atoms with Gasteiger partial charge < -0.3 is 5.32 Å². The average Bonchev–Trinajstić information content (AvgIpc) is 2.33. The molecule has 1 atom stereocenters. The van der Waals surface area contributed by atoms with E-state index in [1.807, 2.05) is 0 Å². The quantitative estimate of drug-likeness (QED) is 0.870. The van der Waals surface area contributed by atoms with E-state index in [4.69, 9.17) is 23.2 Å². The maximum absolute atomic E-state index is 13.3. The van der Waals surface area contributed by atoms with Crippen LogP contribution in [0.25, 0.3) is 0 Å². The number of nitrogens with one attached hydrogen (secondary N) is 1. The van der Waals surface area contributed by atoms with Crippen LogP contribution < -0.4 is 5.32 Å². The normalized spacial score (nSPS) is 18.4. The molecule has 1 aliphatic rings. The predicted molar refractivity (Wildman–Crippen MR) is 76.9 cm³/mol. The highest BCUT2D eigenvalue weighted by molar-refractivity contribution is 6.33. The summed E-state index contributed by atoms with van der Waals surface area (Å²) in [4.78, 5) is 1.38. The standard InChI is InChI=1S/C12H13Cl2F3N2.ClH/c13-8-1-2-10(14)9(7-8)11(12(15,16)17)19-5-3-18-4-6-19;/h1-2,7,11,18H,3-6H2;1H/t11-;/m0./s1. The first kappa shape index (κ1) is 17.9. The van der Waals surface area contributed by atoms with Crippen molar-refractivity contribution in [1.82, 2.24) is 10.2 Å². The van der Waals surface area contributed by atoms with Crippen molar-refractivity contribution < 1.29 is 13.2 Å². The Morgan fingerprint density at radius 1 is 1.15 bits per heavy atom. The third-order valence-corrected chi connectivity index (χ3v) is 3.66. The topological polar surface area (TPSA) is 15.3 Å². The molecular weight excluding hydrogens is 335 g/mol. The Labute approximate surface area is 131 Å². The highest BCUT2D eigenvalue weighted by atomic mass is 35.5. The Morgan fingerprint density at radius 2 is 1.75 bits per heavy atom. The monoisotopic (exact) mass is 348 g/mol. The van der Waals surface area contributed by atoms with Gasteiger partial charge in [-0.3, -0.25) is 4.90 Å². The second-order valence-electron chi connectivity index (χ2n) is 4.40. The molecule has 0 aromatic heterocycles. The van der Waals surface area contributed by atoms with Gasteiger partial charge in [0.2, 0.25) is 0 Å². The molecule has 20 heavy (non-hydrogen) atoms. The number of halogens is 6. The minimum Gasteiger partial charge on any atom is -0.314 e. The zero-order valence-electron chi connectivity index (χ0n) is 10.4. The molecule has 1 saturated heterocycles. The van der Waals surface area contributed by atoms with Crippen molar-refractivity contribution in [2.45, 2.75) is 12.2 Å². The Bertz CT molecular complexity index is 448. The summed E-state index contributed by atoms with van der Waals surface area (Å²) < 4.78 is 40.0. The first-order valence-electron chi connectivity index (χ1n) is 5.86. The van der Waals surface area contributed by atoms with E-state index in [-0.39, 0.29) is 28.0 Å². The van der Waals surface area contributed by atoms with E-state index in [2.05, 4.69) is 5.32 Å². The van der Waals surface area contributed by atoms with Gasteiger partial charge in [0.15, 0.2) is 0 Å². The molecule has 1 aromatic carbocycles. The maximum Gasteiger partial charge on any atom is 0.408 e. The number of rotatable bonds is 2. The Balaban J connectivity index is 0.00000200. The van der Waals surface area contributed by atoms with Crippen LogP contribution in [0.15, 0.2) is 18.2 Å². The highest BCUT2D eigenvalue weighted by Crippen LogP contribution is 2.41. The van der Waals surface area contributed by atoms with Crippen molar-refractivity contribution >= 4 is 35.6 Å². The molecule has 1 N–H and O–H groups in total. The Kier molecular flexibility index (Phi) is 6.41. The number of piperazine rings is 1. The molecular formula is C12H14Cl3F3N2. The summed E-state index contributed by atoms with van der Waals surface area (Å²) in [7, 11) is 0. The summed E-state index contributed by atoms with van der Waals surface area (Å²) in [6.45, 7) is 1.72. The van der Waals surface area contributed by atoms with Crippen LogP contribution >= 0.6 is 35.6 Å². The minimum atomic E-state index is -4.38. The minimum absolute atomic E-state index is 0. The van der Waals surface area contributed by atoms with Gasteiger partial charge in [-0.05, 0) is 23.8 Å². The second kappa shape index (κ2) is 7.18. The molecule has 2 nitrogen and oxygen atoms in total. The molecule has 0 aliphatic carbocycles. The predicted octanol–water partition coefficient (Wildman–Crippen LogP) is 3.92. The third-order valence-electron chi connectivity index (χ3n) is 3.08. The average molecular weight is 350 g/mol. The van der Waals surface area contributed by atoms with E-state index in [1.165, 1.54) is 23.1 Å². The van der Waals surface area contributed by atoms with Crippen molar-refractivity contribution in [2.75, 3.05) is 26.2 Å². The van der Waals surface area contributed by atoms with Crippen LogP contribution in [0.5, 0.6) is 0 Å². The summed E-state index contributed by atoms with van der Waals surface area (Å²) in [5, 5.41) is 3.37. The molecule has 2 rings (SSSR count). The second-order valence-corrected chi connectivity index (χ2v) is 5.24. The van der Waals surface area contributed by atoms with E-state index < -0.39 is 12.2 Å². The lowest BCUT2D eigenvalue weighted by Crippen LogP contribution is -2.49. The van der Waals surface area contributed by atoms with Gasteiger partial charge >= 0.3 is 6.18 Å².